The van der Waals surface area contributed by atoms with Crippen LogP contribution in [0, 0.1) is 13.8 Å². The lowest BCUT2D eigenvalue weighted by Gasteiger charge is -2.24. The summed E-state index contributed by atoms with van der Waals surface area (Å²) in [6.07, 6.45) is -4.49. The number of benzene rings is 1. The minimum atomic E-state index is -4.49. The van der Waals surface area contributed by atoms with Crippen LogP contribution in [-0.4, -0.2) is 52.1 Å². The summed E-state index contributed by atoms with van der Waals surface area (Å²) in [6.45, 7) is 2.22. The van der Waals surface area contributed by atoms with Crippen molar-refractivity contribution in [2.45, 2.75) is 26.1 Å². The van der Waals surface area contributed by atoms with Crippen molar-refractivity contribution in [3.63, 3.8) is 0 Å². The third-order valence-electron chi connectivity index (χ3n) is 4.30. The van der Waals surface area contributed by atoms with Crippen LogP contribution in [0.25, 0.3) is 10.9 Å². The zero-order valence-electron chi connectivity index (χ0n) is 14.8. The van der Waals surface area contributed by atoms with Gasteiger partial charge >= 0.3 is 6.18 Å². The second kappa shape index (κ2) is 7.38. The van der Waals surface area contributed by atoms with E-state index < -0.39 is 30.6 Å². The average Bonchev–Trinajstić information content (AvgIpc) is 3.08. The number of aromatic nitrogens is 1. The van der Waals surface area contributed by atoms with Crippen LogP contribution >= 0.6 is 11.8 Å². The lowest BCUT2D eigenvalue weighted by atomic mass is 10.1. The highest BCUT2D eigenvalue weighted by Crippen LogP contribution is 2.26. The van der Waals surface area contributed by atoms with Crippen molar-refractivity contribution in [2.24, 2.45) is 0 Å². The molecule has 9 heteroatoms. The molecule has 0 saturated carbocycles. The Bertz CT molecular complexity index is 901. The Morgan fingerprint density at radius 2 is 2.04 bits per heavy atom. The molecule has 1 aliphatic rings. The molecule has 2 heterocycles. The van der Waals surface area contributed by atoms with E-state index in [4.69, 9.17) is 0 Å². The molecule has 0 spiro atoms. The number of hydrogen-bond donors (Lipinski definition) is 1. The van der Waals surface area contributed by atoms with Crippen LogP contribution in [0.15, 0.2) is 24.3 Å². The van der Waals surface area contributed by atoms with E-state index in [1.165, 1.54) is 16.7 Å². The number of hydrogen-bond acceptors (Lipinski definition) is 4. The fourth-order valence-corrected chi connectivity index (χ4v) is 4.08. The molecule has 1 aromatic carbocycles. The van der Waals surface area contributed by atoms with Gasteiger partial charge < -0.3 is 10.2 Å². The van der Waals surface area contributed by atoms with Crippen LogP contribution in [0.3, 0.4) is 0 Å². The number of aryl methyl sites for hydroxylation is 2. The molecule has 1 N–H and O–H groups in total. The molecule has 144 valence electrons. The topological polar surface area (TPSA) is 62.3 Å². The van der Waals surface area contributed by atoms with Gasteiger partial charge in [0.05, 0.1) is 22.7 Å². The van der Waals surface area contributed by atoms with Crippen LogP contribution < -0.4 is 5.32 Å². The van der Waals surface area contributed by atoms with Crippen LogP contribution in [0.5, 0.6) is 0 Å². The maximum absolute atomic E-state index is 13.0. The second-order valence-corrected chi connectivity index (χ2v) is 7.44. The Hall–Kier alpha value is -2.29. The zero-order chi connectivity index (χ0) is 19.8. The smallest absolute Gasteiger partial charge is 0.345 e. The fourth-order valence-electron chi connectivity index (χ4n) is 2.93. The summed E-state index contributed by atoms with van der Waals surface area (Å²) in [5.74, 6) is -0.698. The third-order valence-corrected chi connectivity index (χ3v) is 5.31. The van der Waals surface area contributed by atoms with Gasteiger partial charge in [0.2, 0.25) is 5.91 Å². The van der Waals surface area contributed by atoms with Gasteiger partial charge in [0.25, 0.3) is 5.91 Å². The van der Waals surface area contributed by atoms with Gasteiger partial charge in [0.15, 0.2) is 0 Å². The van der Waals surface area contributed by atoms with Gasteiger partial charge in [-0.25, -0.2) is 0 Å². The van der Waals surface area contributed by atoms with Crippen LogP contribution in [0.4, 0.5) is 13.2 Å². The molecule has 1 aromatic heterocycles. The predicted octanol–water partition coefficient (Wildman–Crippen LogP) is 3.05. The first-order valence-electron chi connectivity index (χ1n) is 8.27. The number of thioether (sulfide) groups is 1. The molecular weight excluding hydrogens is 379 g/mol. The largest absolute Gasteiger partial charge is 0.405 e. The van der Waals surface area contributed by atoms with Gasteiger partial charge in [-0.1, -0.05) is 11.6 Å². The van der Waals surface area contributed by atoms with E-state index in [-0.39, 0.29) is 11.6 Å². The lowest BCUT2D eigenvalue weighted by Crippen LogP contribution is -2.49. The minimum Gasteiger partial charge on any atom is -0.345 e. The standard InChI is InChI=1S/C18H18F3N3O2S/c1-10-3-4-14-12(5-10)6-13(11(2)23-14)17(26)24-9-27-7-15(24)16(25)22-8-18(19,20)21/h3-6,15H,7-9H2,1-2H3,(H,22,25)/t15-/m1/s1. The predicted molar refractivity (Wildman–Crippen MR) is 97.6 cm³/mol. The summed E-state index contributed by atoms with van der Waals surface area (Å²) < 4.78 is 37.0. The lowest BCUT2D eigenvalue weighted by molar-refractivity contribution is -0.140. The average molecular weight is 397 g/mol. The number of nitrogens with one attached hydrogen (secondary N) is 1. The Morgan fingerprint density at radius 1 is 1.30 bits per heavy atom. The van der Waals surface area contributed by atoms with Gasteiger partial charge in [-0.3, -0.25) is 14.6 Å². The number of alkyl halides is 3. The number of amides is 2. The second-order valence-electron chi connectivity index (χ2n) is 6.44. The Morgan fingerprint density at radius 3 is 2.74 bits per heavy atom. The zero-order valence-corrected chi connectivity index (χ0v) is 15.6. The molecule has 0 aliphatic carbocycles. The number of carbonyl (C=O) groups is 2. The summed E-state index contributed by atoms with van der Waals surface area (Å²) in [6, 6.07) is 6.49. The van der Waals surface area contributed by atoms with E-state index in [0.29, 0.717) is 11.3 Å². The molecule has 0 unspecified atom stereocenters. The molecule has 3 rings (SSSR count). The number of nitrogens with zero attached hydrogens (tertiary/aromatic N) is 2. The normalized spacial score (nSPS) is 17.4. The van der Waals surface area contributed by atoms with Gasteiger partial charge in [0, 0.05) is 11.1 Å². The van der Waals surface area contributed by atoms with E-state index in [9.17, 15) is 22.8 Å². The van der Waals surface area contributed by atoms with Crippen molar-refractivity contribution < 1.29 is 22.8 Å². The van der Waals surface area contributed by atoms with Gasteiger partial charge in [-0.2, -0.15) is 13.2 Å². The van der Waals surface area contributed by atoms with Crippen molar-refractivity contribution in [2.75, 3.05) is 18.2 Å². The summed E-state index contributed by atoms with van der Waals surface area (Å²) in [5, 5.41) is 2.67. The van der Waals surface area contributed by atoms with Crippen LogP contribution in [0.2, 0.25) is 0 Å². The molecule has 27 heavy (non-hydrogen) atoms. The minimum absolute atomic E-state index is 0.244. The first kappa shape index (κ1) is 19.5. The molecule has 0 bridgehead atoms. The highest BCUT2D eigenvalue weighted by atomic mass is 32.2. The highest BCUT2D eigenvalue weighted by Gasteiger charge is 2.37. The molecule has 5 nitrogen and oxygen atoms in total. The van der Waals surface area contributed by atoms with Crippen molar-refractivity contribution in [1.29, 1.82) is 0 Å². The van der Waals surface area contributed by atoms with Crippen LogP contribution in [0.1, 0.15) is 21.6 Å². The van der Waals surface area contributed by atoms with Crippen LogP contribution in [-0.2, 0) is 4.79 Å². The first-order valence-corrected chi connectivity index (χ1v) is 9.42. The van der Waals surface area contributed by atoms with E-state index >= 15 is 0 Å². The van der Waals surface area contributed by atoms with E-state index in [1.807, 2.05) is 30.4 Å². The number of halogens is 3. The summed E-state index contributed by atoms with van der Waals surface area (Å²) in [4.78, 5) is 30.9. The van der Waals surface area contributed by atoms with Gasteiger partial charge in [0.1, 0.15) is 12.6 Å². The van der Waals surface area contributed by atoms with Crippen molar-refractivity contribution in [3.05, 3.63) is 41.1 Å². The number of rotatable bonds is 3. The van der Waals surface area contributed by atoms with Crippen molar-refractivity contribution in [1.82, 2.24) is 15.2 Å². The number of carbonyl (C=O) groups excluding carboxylic acids is 2. The molecule has 1 atom stereocenters. The maximum Gasteiger partial charge on any atom is 0.405 e. The van der Waals surface area contributed by atoms with Gasteiger partial charge in [-0.05, 0) is 32.0 Å². The summed E-state index contributed by atoms with van der Waals surface area (Å²) in [7, 11) is 0. The summed E-state index contributed by atoms with van der Waals surface area (Å²) in [5.41, 5.74) is 2.64. The Balaban J connectivity index is 1.84. The van der Waals surface area contributed by atoms with E-state index in [2.05, 4.69) is 4.98 Å². The molecule has 1 fully saturated rings. The third kappa shape index (κ3) is 4.35. The van der Waals surface area contributed by atoms with E-state index in [1.54, 1.807) is 13.0 Å². The first-order chi connectivity index (χ1) is 12.7. The number of fused-ring (bicyclic) bond motifs is 1. The molecule has 0 radical (unpaired) electrons. The quantitative estimate of drug-likeness (QED) is 0.865. The Labute approximate surface area is 158 Å². The molecule has 1 aliphatic heterocycles. The molecular formula is C18H18F3N3O2S. The molecule has 1 saturated heterocycles. The molecule has 2 amide bonds. The van der Waals surface area contributed by atoms with Gasteiger partial charge in [-0.15, -0.1) is 11.8 Å². The van der Waals surface area contributed by atoms with Crippen molar-refractivity contribution >= 4 is 34.5 Å². The summed E-state index contributed by atoms with van der Waals surface area (Å²) >= 11 is 1.33. The number of pyridine rings is 1. The monoisotopic (exact) mass is 397 g/mol. The molecule has 2 aromatic rings. The SMILES string of the molecule is Cc1ccc2nc(C)c(C(=O)N3CSC[C@@H]3C(=O)NCC(F)(F)F)cc2c1. The Kier molecular flexibility index (Phi) is 5.32. The van der Waals surface area contributed by atoms with E-state index in [0.717, 1.165) is 16.5 Å². The maximum atomic E-state index is 13.0. The van der Waals surface area contributed by atoms with Crippen molar-refractivity contribution in [3.8, 4) is 0 Å². The highest BCUT2D eigenvalue weighted by molar-refractivity contribution is 7.99. The fraction of sp³-hybridized carbons (Fsp3) is 0.389.